The normalized spacial score (nSPS) is 17.6. The number of rotatable bonds is 2. The van der Waals surface area contributed by atoms with Gasteiger partial charge in [-0.25, -0.2) is 4.98 Å². The molecule has 0 saturated heterocycles. The number of aromatic nitrogens is 2. The first-order chi connectivity index (χ1) is 8.09. The monoisotopic (exact) mass is 235 g/mol. The van der Waals surface area contributed by atoms with Crippen LogP contribution in [0.15, 0.2) is 4.79 Å². The van der Waals surface area contributed by atoms with Crippen molar-refractivity contribution < 1.29 is 0 Å². The maximum Gasteiger partial charge on any atom is 0.254 e. The van der Waals surface area contributed by atoms with Gasteiger partial charge in [0.2, 0.25) is 0 Å². The van der Waals surface area contributed by atoms with Crippen LogP contribution >= 0.6 is 0 Å². The molecule has 0 bridgehead atoms. The van der Waals surface area contributed by atoms with Gasteiger partial charge in [-0.3, -0.25) is 4.79 Å². The van der Waals surface area contributed by atoms with Crippen LogP contribution in [0.5, 0.6) is 0 Å². The molecule has 1 atom stereocenters. The fourth-order valence-corrected chi connectivity index (χ4v) is 2.27. The highest BCUT2D eigenvalue weighted by molar-refractivity contribution is 5.20. The van der Waals surface area contributed by atoms with E-state index in [1.54, 1.807) is 0 Å². The fourth-order valence-electron chi connectivity index (χ4n) is 2.27. The van der Waals surface area contributed by atoms with Crippen LogP contribution in [0.3, 0.4) is 0 Å². The molecule has 3 N–H and O–H groups in total. The Balaban J connectivity index is 2.42. The summed E-state index contributed by atoms with van der Waals surface area (Å²) in [5.41, 5.74) is 7.91. The van der Waals surface area contributed by atoms with Crippen LogP contribution in [0, 0.1) is 5.92 Å². The molecule has 1 aromatic rings. The smallest absolute Gasteiger partial charge is 0.254 e. The number of aromatic amines is 1. The van der Waals surface area contributed by atoms with Crippen molar-refractivity contribution in [2.75, 3.05) is 0 Å². The van der Waals surface area contributed by atoms with Gasteiger partial charge in [0.05, 0.1) is 11.7 Å². The van der Waals surface area contributed by atoms with Gasteiger partial charge in [-0.15, -0.1) is 0 Å². The Bertz CT molecular complexity index is 450. The first-order valence-corrected chi connectivity index (χ1v) is 6.47. The van der Waals surface area contributed by atoms with E-state index in [0.717, 1.165) is 36.9 Å². The highest BCUT2D eigenvalue weighted by atomic mass is 16.1. The molecule has 0 spiro atoms. The highest BCUT2D eigenvalue weighted by Gasteiger charge is 2.18. The molecule has 2 rings (SSSR count). The lowest BCUT2D eigenvalue weighted by Gasteiger charge is -2.16. The lowest BCUT2D eigenvalue weighted by atomic mass is 10.0. The molecule has 0 amide bonds. The zero-order valence-electron chi connectivity index (χ0n) is 10.6. The summed E-state index contributed by atoms with van der Waals surface area (Å²) in [4.78, 5) is 19.4. The summed E-state index contributed by atoms with van der Waals surface area (Å²) in [7, 11) is 0. The second-order valence-electron chi connectivity index (χ2n) is 5.21. The first kappa shape index (κ1) is 12.3. The molecule has 0 aromatic carbocycles. The lowest BCUT2D eigenvalue weighted by molar-refractivity contribution is 0.486. The molecular weight excluding hydrogens is 214 g/mol. The van der Waals surface area contributed by atoms with E-state index in [1.807, 2.05) is 13.8 Å². The Labute approximate surface area is 102 Å². The van der Waals surface area contributed by atoms with Gasteiger partial charge in [-0.05, 0) is 31.6 Å². The summed E-state index contributed by atoms with van der Waals surface area (Å²) in [6, 6.07) is -0.184. The predicted molar refractivity (Wildman–Crippen MR) is 67.9 cm³/mol. The Kier molecular flexibility index (Phi) is 3.62. The van der Waals surface area contributed by atoms with Crippen molar-refractivity contribution in [2.24, 2.45) is 11.7 Å². The van der Waals surface area contributed by atoms with Crippen LogP contribution < -0.4 is 11.3 Å². The topological polar surface area (TPSA) is 71.8 Å². The number of nitrogens with zero attached hydrogens (tertiary/aromatic N) is 1. The zero-order valence-corrected chi connectivity index (χ0v) is 10.6. The van der Waals surface area contributed by atoms with Gasteiger partial charge in [0.1, 0.15) is 5.82 Å². The Morgan fingerprint density at radius 3 is 2.65 bits per heavy atom. The van der Waals surface area contributed by atoms with E-state index in [2.05, 4.69) is 9.97 Å². The van der Waals surface area contributed by atoms with Crippen LogP contribution in [-0.4, -0.2) is 9.97 Å². The number of nitrogens with one attached hydrogen (secondary N) is 1. The van der Waals surface area contributed by atoms with Crippen molar-refractivity contribution in [1.29, 1.82) is 0 Å². The highest BCUT2D eigenvalue weighted by Crippen LogP contribution is 2.19. The van der Waals surface area contributed by atoms with E-state index in [0.29, 0.717) is 5.82 Å². The van der Waals surface area contributed by atoms with Gasteiger partial charge < -0.3 is 10.7 Å². The van der Waals surface area contributed by atoms with E-state index in [1.165, 1.54) is 6.42 Å². The maximum absolute atomic E-state index is 12.0. The molecule has 94 valence electrons. The number of fused-ring (bicyclic) bond motifs is 1. The number of hydrogen-bond donors (Lipinski definition) is 2. The van der Waals surface area contributed by atoms with Crippen LogP contribution in [0.2, 0.25) is 0 Å². The van der Waals surface area contributed by atoms with E-state index >= 15 is 0 Å². The minimum absolute atomic E-state index is 0.0167. The number of aryl methyl sites for hydroxylation is 1. The van der Waals surface area contributed by atoms with E-state index < -0.39 is 0 Å². The molecule has 0 fully saturated rings. The van der Waals surface area contributed by atoms with Crippen molar-refractivity contribution in [1.82, 2.24) is 9.97 Å². The van der Waals surface area contributed by atoms with Crippen LogP contribution in [0.4, 0.5) is 0 Å². The lowest BCUT2D eigenvalue weighted by Crippen LogP contribution is -2.26. The summed E-state index contributed by atoms with van der Waals surface area (Å²) in [5.74, 6) is 0.924. The largest absolute Gasteiger partial charge is 0.321 e. The summed E-state index contributed by atoms with van der Waals surface area (Å²) in [6.45, 7) is 4.08. The van der Waals surface area contributed by atoms with E-state index in [9.17, 15) is 4.79 Å². The number of nitrogens with two attached hydrogens (primary N) is 1. The maximum atomic E-state index is 12.0. The second kappa shape index (κ2) is 5.00. The minimum atomic E-state index is -0.184. The number of H-pyrrole nitrogens is 1. The van der Waals surface area contributed by atoms with Crippen LogP contribution in [0.25, 0.3) is 0 Å². The molecule has 1 aliphatic carbocycles. The van der Waals surface area contributed by atoms with Crippen LogP contribution in [-0.2, 0) is 12.8 Å². The summed E-state index contributed by atoms with van der Waals surface area (Å²) in [5, 5.41) is 0. The molecule has 0 radical (unpaired) electrons. The molecule has 1 heterocycles. The van der Waals surface area contributed by atoms with E-state index in [4.69, 9.17) is 5.73 Å². The minimum Gasteiger partial charge on any atom is -0.321 e. The van der Waals surface area contributed by atoms with Crippen molar-refractivity contribution in [3.8, 4) is 0 Å². The standard InChI is InChI=1S/C13H21N3O/c1-8(2)11(14)12-15-10-7-5-3-4-6-9(10)13(17)16-12/h8,11H,3-7,14H2,1-2H3,(H,15,16,17). The summed E-state index contributed by atoms with van der Waals surface area (Å²) < 4.78 is 0. The Morgan fingerprint density at radius 1 is 1.24 bits per heavy atom. The average molecular weight is 235 g/mol. The third-order valence-electron chi connectivity index (χ3n) is 3.49. The summed E-state index contributed by atoms with van der Waals surface area (Å²) >= 11 is 0. The second-order valence-corrected chi connectivity index (χ2v) is 5.21. The van der Waals surface area contributed by atoms with Crippen LogP contribution in [0.1, 0.15) is 56.2 Å². The molecule has 1 unspecified atom stereocenters. The van der Waals surface area contributed by atoms with Gasteiger partial charge in [-0.1, -0.05) is 20.3 Å². The molecule has 0 aliphatic heterocycles. The molecule has 1 aromatic heterocycles. The van der Waals surface area contributed by atoms with Gasteiger partial charge in [-0.2, -0.15) is 0 Å². The predicted octanol–water partition coefficient (Wildman–Crippen LogP) is 1.69. The first-order valence-electron chi connectivity index (χ1n) is 6.47. The SMILES string of the molecule is CC(C)C(N)c1nc2c(c(=O)[nH]1)CCCCC2. The molecule has 0 saturated carbocycles. The van der Waals surface area contributed by atoms with Gasteiger partial charge >= 0.3 is 0 Å². The quantitative estimate of drug-likeness (QED) is 0.766. The van der Waals surface area contributed by atoms with Crippen molar-refractivity contribution in [3.05, 3.63) is 27.4 Å². The summed E-state index contributed by atoms with van der Waals surface area (Å²) in [6.07, 6.45) is 5.17. The molecule has 4 heteroatoms. The Morgan fingerprint density at radius 2 is 1.94 bits per heavy atom. The molecule has 1 aliphatic rings. The Hall–Kier alpha value is -1.16. The molecule has 4 nitrogen and oxygen atoms in total. The van der Waals surface area contributed by atoms with Gasteiger partial charge in [0, 0.05) is 5.56 Å². The third-order valence-corrected chi connectivity index (χ3v) is 3.49. The van der Waals surface area contributed by atoms with Gasteiger partial charge in [0.15, 0.2) is 0 Å². The van der Waals surface area contributed by atoms with Gasteiger partial charge in [0.25, 0.3) is 5.56 Å². The fraction of sp³-hybridized carbons (Fsp3) is 0.692. The third kappa shape index (κ3) is 2.57. The van der Waals surface area contributed by atoms with Crippen molar-refractivity contribution >= 4 is 0 Å². The average Bonchev–Trinajstić information content (AvgIpc) is 2.53. The molecule has 17 heavy (non-hydrogen) atoms. The van der Waals surface area contributed by atoms with Crippen molar-refractivity contribution in [3.63, 3.8) is 0 Å². The van der Waals surface area contributed by atoms with E-state index in [-0.39, 0.29) is 17.5 Å². The number of hydrogen-bond acceptors (Lipinski definition) is 3. The van der Waals surface area contributed by atoms with Crippen molar-refractivity contribution in [2.45, 2.75) is 52.0 Å². The molecular formula is C13H21N3O. The zero-order chi connectivity index (χ0) is 12.4.